The number of aromatic carboxylic acids is 1. The first-order valence-corrected chi connectivity index (χ1v) is 11.5. The largest absolute Gasteiger partial charge is 0.478 e. The van der Waals surface area contributed by atoms with Crippen LogP contribution in [-0.4, -0.2) is 33.4 Å². The van der Waals surface area contributed by atoms with Crippen molar-refractivity contribution in [2.45, 2.75) is 12.5 Å². The van der Waals surface area contributed by atoms with Gasteiger partial charge in [0.2, 0.25) is 5.91 Å². The topological polar surface area (TPSA) is 86.5 Å². The lowest BCUT2D eigenvalue weighted by Gasteiger charge is -2.35. The van der Waals surface area contributed by atoms with Crippen molar-refractivity contribution in [3.05, 3.63) is 113 Å². The molecule has 0 bridgehead atoms. The zero-order valence-electron chi connectivity index (χ0n) is 18.8. The third kappa shape index (κ3) is 3.69. The van der Waals surface area contributed by atoms with Gasteiger partial charge in [-0.2, -0.15) is 0 Å². The van der Waals surface area contributed by atoms with Gasteiger partial charge in [0.1, 0.15) is 5.58 Å². The van der Waals surface area contributed by atoms with E-state index in [2.05, 4.69) is 23.2 Å². The molecule has 6 heteroatoms. The highest BCUT2D eigenvalue weighted by molar-refractivity contribution is 5.94. The first kappa shape index (κ1) is 21.0. The van der Waals surface area contributed by atoms with E-state index >= 15 is 0 Å². The van der Waals surface area contributed by atoms with Crippen LogP contribution in [0.2, 0.25) is 0 Å². The number of carboxylic acids is 1. The molecule has 0 aliphatic carbocycles. The number of hydrogen-bond donors (Lipinski definition) is 2. The van der Waals surface area contributed by atoms with Crippen molar-refractivity contribution in [1.82, 2.24) is 9.88 Å². The number of carboxylic acid groups (broad SMARTS) is 1. The molecular weight excluding hydrogens is 440 g/mol. The molecular formula is C29H22N2O4. The Morgan fingerprint density at radius 3 is 2.69 bits per heavy atom. The summed E-state index contributed by atoms with van der Waals surface area (Å²) in [5.41, 5.74) is 6.15. The van der Waals surface area contributed by atoms with Gasteiger partial charge in [-0.05, 0) is 65.6 Å². The van der Waals surface area contributed by atoms with Crippen LogP contribution in [0.15, 0.2) is 89.6 Å². The minimum atomic E-state index is -0.975. The number of fused-ring (bicyclic) bond motifs is 4. The number of carbonyl (C=O) groups excluding carboxylic acids is 1. The van der Waals surface area contributed by atoms with Gasteiger partial charge in [-0.15, -0.1) is 0 Å². The number of aromatic amines is 1. The second kappa shape index (κ2) is 8.33. The first-order valence-electron chi connectivity index (χ1n) is 11.5. The van der Waals surface area contributed by atoms with Gasteiger partial charge in [0.05, 0.1) is 17.9 Å². The SMILES string of the molecule is O=C(O)c1ccc(C=CC(=O)N2CCc3c([nH]c4ccccc34)C2c2ccc3occc3c2)cc1. The smallest absolute Gasteiger partial charge is 0.335 e. The Labute approximate surface area is 201 Å². The van der Waals surface area contributed by atoms with Crippen LogP contribution in [0.25, 0.3) is 27.9 Å². The molecule has 0 saturated heterocycles. The Balaban J connectivity index is 1.39. The molecule has 2 aromatic heterocycles. The van der Waals surface area contributed by atoms with Crippen LogP contribution in [0, 0.1) is 0 Å². The quantitative estimate of drug-likeness (QED) is 0.331. The van der Waals surface area contributed by atoms with Gasteiger partial charge < -0.3 is 19.4 Å². The molecule has 3 aromatic carbocycles. The van der Waals surface area contributed by atoms with Gasteiger partial charge in [-0.25, -0.2) is 4.79 Å². The Morgan fingerprint density at radius 2 is 1.86 bits per heavy atom. The molecule has 1 aliphatic heterocycles. The summed E-state index contributed by atoms with van der Waals surface area (Å²) in [6.45, 7) is 0.587. The number of nitrogens with zero attached hydrogens (tertiary/aromatic N) is 1. The maximum atomic E-state index is 13.5. The van der Waals surface area contributed by atoms with Crippen LogP contribution in [0.5, 0.6) is 0 Å². The van der Waals surface area contributed by atoms with Crippen molar-refractivity contribution in [3.63, 3.8) is 0 Å². The van der Waals surface area contributed by atoms with Gasteiger partial charge in [0.25, 0.3) is 0 Å². The Bertz CT molecular complexity index is 1610. The summed E-state index contributed by atoms with van der Waals surface area (Å²) in [5, 5.41) is 11.3. The molecule has 0 radical (unpaired) electrons. The molecule has 1 amide bonds. The number of rotatable bonds is 4. The molecule has 0 spiro atoms. The van der Waals surface area contributed by atoms with Crippen LogP contribution in [0.4, 0.5) is 0 Å². The number of hydrogen-bond acceptors (Lipinski definition) is 3. The average Bonchev–Trinajstić information content (AvgIpc) is 3.51. The van der Waals surface area contributed by atoms with E-state index in [-0.39, 0.29) is 17.5 Å². The summed E-state index contributed by atoms with van der Waals surface area (Å²) >= 11 is 0. The highest BCUT2D eigenvalue weighted by Crippen LogP contribution is 2.39. The first-order chi connectivity index (χ1) is 17.1. The third-order valence-electron chi connectivity index (χ3n) is 6.69. The number of benzene rings is 3. The Hall–Kier alpha value is -4.58. The van der Waals surface area contributed by atoms with Crippen molar-refractivity contribution < 1.29 is 19.1 Å². The molecule has 1 atom stereocenters. The number of amides is 1. The van der Waals surface area contributed by atoms with Crippen molar-refractivity contribution in [1.29, 1.82) is 0 Å². The fraction of sp³-hybridized carbons (Fsp3) is 0.103. The fourth-order valence-corrected chi connectivity index (χ4v) is 4.98. The predicted octanol–water partition coefficient (Wildman–Crippen LogP) is 5.80. The highest BCUT2D eigenvalue weighted by Gasteiger charge is 2.33. The van der Waals surface area contributed by atoms with Gasteiger partial charge in [-0.3, -0.25) is 4.79 Å². The van der Waals surface area contributed by atoms with Gasteiger partial charge >= 0.3 is 5.97 Å². The third-order valence-corrected chi connectivity index (χ3v) is 6.69. The van der Waals surface area contributed by atoms with E-state index < -0.39 is 5.97 Å². The van der Waals surface area contributed by atoms with E-state index in [0.717, 1.165) is 39.7 Å². The van der Waals surface area contributed by atoms with Gasteiger partial charge in [-0.1, -0.05) is 36.4 Å². The molecule has 1 unspecified atom stereocenters. The molecule has 6 nitrogen and oxygen atoms in total. The van der Waals surface area contributed by atoms with E-state index in [1.807, 2.05) is 35.2 Å². The normalized spacial score (nSPS) is 15.7. The lowest BCUT2D eigenvalue weighted by molar-refractivity contribution is -0.128. The maximum Gasteiger partial charge on any atom is 0.335 e. The average molecular weight is 463 g/mol. The molecule has 172 valence electrons. The lowest BCUT2D eigenvalue weighted by Crippen LogP contribution is -2.39. The molecule has 1 aliphatic rings. The van der Waals surface area contributed by atoms with E-state index in [1.165, 1.54) is 23.1 Å². The summed E-state index contributed by atoms with van der Waals surface area (Å²) in [5.74, 6) is -1.08. The fourth-order valence-electron chi connectivity index (χ4n) is 4.98. The zero-order chi connectivity index (χ0) is 23.9. The summed E-state index contributed by atoms with van der Waals surface area (Å²) < 4.78 is 5.53. The number of furan rings is 1. The molecule has 6 rings (SSSR count). The van der Waals surface area contributed by atoms with E-state index in [1.54, 1.807) is 30.5 Å². The van der Waals surface area contributed by atoms with Crippen LogP contribution in [0.3, 0.4) is 0 Å². The highest BCUT2D eigenvalue weighted by atomic mass is 16.4. The van der Waals surface area contributed by atoms with E-state index in [9.17, 15) is 9.59 Å². The molecule has 2 N–H and O–H groups in total. The number of carbonyl (C=O) groups is 2. The summed E-state index contributed by atoms with van der Waals surface area (Å²) in [6.07, 6.45) is 5.72. The van der Waals surface area contributed by atoms with Crippen molar-refractivity contribution in [3.8, 4) is 0 Å². The minimum absolute atomic E-state index is 0.103. The molecule has 0 saturated carbocycles. The Kier molecular flexibility index (Phi) is 4.99. The number of nitrogens with one attached hydrogen (secondary N) is 1. The lowest BCUT2D eigenvalue weighted by atomic mass is 9.91. The second-order valence-electron chi connectivity index (χ2n) is 8.73. The summed E-state index contributed by atoms with van der Waals surface area (Å²) in [6, 6.07) is 22.4. The number of H-pyrrole nitrogens is 1. The second-order valence-corrected chi connectivity index (χ2v) is 8.73. The summed E-state index contributed by atoms with van der Waals surface area (Å²) in [4.78, 5) is 30.1. The van der Waals surface area contributed by atoms with E-state index in [0.29, 0.717) is 6.54 Å². The minimum Gasteiger partial charge on any atom is -0.478 e. The van der Waals surface area contributed by atoms with E-state index in [4.69, 9.17) is 9.52 Å². The Morgan fingerprint density at radius 1 is 1.03 bits per heavy atom. The zero-order valence-corrected chi connectivity index (χ0v) is 18.8. The van der Waals surface area contributed by atoms with Crippen molar-refractivity contribution in [2.24, 2.45) is 0 Å². The maximum absolute atomic E-state index is 13.5. The standard InChI is InChI=1S/C29H22N2O4/c32-26(12-7-18-5-8-19(9-6-18)29(33)34)31-15-13-23-22-3-1-2-4-24(22)30-27(23)28(31)21-10-11-25-20(17-21)14-16-35-25/h1-12,14,16-17,28,30H,13,15H2,(H,33,34). The molecule has 35 heavy (non-hydrogen) atoms. The van der Waals surface area contributed by atoms with Gasteiger partial charge in [0.15, 0.2) is 0 Å². The van der Waals surface area contributed by atoms with Crippen LogP contribution in [0.1, 0.15) is 38.8 Å². The monoisotopic (exact) mass is 462 g/mol. The van der Waals surface area contributed by atoms with Crippen molar-refractivity contribution in [2.75, 3.05) is 6.54 Å². The predicted molar refractivity (Wildman–Crippen MR) is 134 cm³/mol. The van der Waals surface area contributed by atoms with Crippen LogP contribution >= 0.6 is 0 Å². The van der Waals surface area contributed by atoms with Crippen LogP contribution < -0.4 is 0 Å². The molecule has 5 aromatic rings. The van der Waals surface area contributed by atoms with Gasteiger partial charge in [0, 0.05) is 34.6 Å². The number of aromatic nitrogens is 1. The number of para-hydroxylation sites is 1. The summed E-state index contributed by atoms with van der Waals surface area (Å²) in [7, 11) is 0. The van der Waals surface area contributed by atoms with Crippen LogP contribution in [-0.2, 0) is 11.2 Å². The molecule has 3 heterocycles. The van der Waals surface area contributed by atoms with Crippen molar-refractivity contribution >= 4 is 39.8 Å². The molecule has 0 fully saturated rings.